The fourth-order valence-corrected chi connectivity index (χ4v) is 5.60. The van der Waals surface area contributed by atoms with Crippen molar-refractivity contribution in [3.63, 3.8) is 0 Å². The number of furan rings is 1. The van der Waals surface area contributed by atoms with E-state index >= 15 is 0 Å². The molecule has 0 radical (unpaired) electrons. The van der Waals surface area contributed by atoms with Gasteiger partial charge in [-0.05, 0) is 46.0 Å². The number of hydrogen-bond acceptors (Lipinski definition) is 3. The molecule has 1 heterocycles. The molecule has 0 saturated carbocycles. The molecule has 0 saturated heterocycles. The van der Waals surface area contributed by atoms with Crippen LogP contribution in [0.5, 0.6) is 0 Å². The van der Waals surface area contributed by atoms with Gasteiger partial charge in [-0.1, -0.05) is 115 Å². The van der Waals surface area contributed by atoms with Crippen molar-refractivity contribution in [3.8, 4) is 56.6 Å². The molecule has 0 bridgehead atoms. The molecule has 0 fully saturated rings. The van der Waals surface area contributed by atoms with Gasteiger partial charge in [0.1, 0.15) is 17.7 Å². The van der Waals surface area contributed by atoms with Gasteiger partial charge in [-0.3, -0.25) is 0 Å². The second-order valence-corrected chi connectivity index (χ2v) is 9.95. The Bertz CT molecular complexity index is 2140. The Labute approximate surface area is 237 Å². The molecular weight excluding hydrogens is 500 g/mol. The SMILES string of the molecule is N#Cc1c(-c2ccccc2)cc(-c2cccc3c2oc2c(C#N)cccc23)cc1-c1ccc(-c2ccccc2)cc1. The van der Waals surface area contributed by atoms with E-state index in [1.165, 1.54) is 0 Å². The van der Waals surface area contributed by atoms with Gasteiger partial charge in [-0.15, -0.1) is 0 Å². The van der Waals surface area contributed by atoms with Gasteiger partial charge in [-0.25, -0.2) is 0 Å². The van der Waals surface area contributed by atoms with Crippen LogP contribution in [0.1, 0.15) is 11.1 Å². The Balaban J connectivity index is 1.48. The van der Waals surface area contributed by atoms with Crippen LogP contribution in [0.3, 0.4) is 0 Å². The quantitative estimate of drug-likeness (QED) is 0.231. The van der Waals surface area contributed by atoms with E-state index in [0.717, 1.165) is 60.9 Å². The van der Waals surface area contributed by atoms with Crippen molar-refractivity contribution in [1.82, 2.24) is 0 Å². The Morgan fingerprint density at radius 2 is 0.951 bits per heavy atom. The minimum atomic E-state index is 0.508. The van der Waals surface area contributed by atoms with Gasteiger partial charge in [0.15, 0.2) is 5.58 Å². The molecule has 0 atom stereocenters. The smallest absolute Gasteiger partial charge is 0.153 e. The lowest BCUT2D eigenvalue weighted by Gasteiger charge is -2.15. The lowest BCUT2D eigenvalue weighted by atomic mass is 9.87. The average Bonchev–Trinajstić information content (AvgIpc) is 3.44. The molecule has 190 valence electrons. The van der Waals surface area contributed by atoms with Crippen molar-refractivity contribution in [2.75, 3.05) is 0 Å². The highest BCUT2D eigenvalue weighted by Crippen LogP contribution is 2.41. The minimum Gasteiger partial charge on any atom is -0.454 e. The summed E-state index contributed by atoms with van der Waals surface area (Å²) in [6, 6.07) is 49.3. The summed E-state index contributed by atoms with van der Waals surface area (Å²) in [4.78, 5) is 0. The maximum absolute atomic E-state index is 10.4. The molecule has 7 aromatic rings. The molecular formula is C38H22N2O. The molecule has 3 heteroatoms. The van der Waals surface area contributed by atoms with Crippen LogP contribution in [0, 0.1) is 22.7 Å². The van der Waals surface area contributed by atoms with Crippen molar-refractivity contribution in [1.29, 1.82) is 10.5 Å². The fraction of sp³-hybridized carbons (Fsp3) is 0. The molecule has 0 aliphatic carbocycles. The first-order valence-corrected chi connectivity index (χ1v) is 13.4. The van der Waals surface area contributed by atoms with E-state index < -0.39 is 0 Å². The zero-order valence-corrected chi connectivity index (χ0v) is 22.0. The number of hydrogen-bond donors (Lipinski definition) is 0. The van der Waals surface area contributed by atoms with Crippen molar-refractivity contribution >= 4 is 21.9 Å². The maximum atomic E-state index is 10.4. The average molecular weight is 523 g/mol. The minimum absolute atomic E-state index is 0.508. The molecule has 0 amide bonds. The predicted molar refractivity (Wildman–Crippen MR) is 165 cm³/mol. The lowest BCUT2D eigenvalue weighted by Crippen LogP contribution is -1.93. The van der Waals surface area contributed by atoms with Crippen molar-refractivity contribution in [2.24, 2.45) is 0 Å². The number of nitriles is 2. The van der Waals surface area contributed by atoms with E-state index in [1.807, 2.05) is 78.9 Å². The largest absolute Gasteiger partial charge is 0.454 e. The summed E-state index contributed by atoms with van der Waals surface area (Å²) in [6.07, 6.45) is 0. The van der Waals surface area contributed by atoms with Crippen LogP contribution in [0.15, 0.2) is 138 Å². The highest BCUT2D eigenvalue weighted by atomic mass is 16.3. The van der Waals surface area contributed by atoms with Crippen LogP contribution in [-0.4, -0.2) is 0 Å². The number of para-hydroxylation sites is 2. The summed E-state index contributed by atoms with van der Waals surface area (Å²) < 4.78 is 6.38. The van der Waals surface area contributed by atoms with Crippen LogP contribution in [0.4, 0.5) is 0 Å². The number of benzene rings is 6. The first-order chi connectivity index (χ1) is 20.2. The van der Waals surface area contributed by atoms with E-state index in [9.17, 15) is 10.5 Å². The molecule has 0 N–H and O–H groups in total. The summed E-state index contributed by atoms with van der Waals surface area (Å²) >= 11 is 0. The second kappa shape index (κ2) is 10.0. The normalized spacial score (nSPS) is 10.9. The van der Waals surface area contributed by atoms with Gasteiger partial charge in [0.25, 0.3) is 0 Å². The Morgan fingerprint density at radius 3 is 1.59 bits per heavy atom. The van der Waals surface area contributed by atoms with Crippen molar-refractivity contribution in [2.45, 2.75) is 0 Å². The molecule has 0 spiro atoms. The summed E-state index contributed by atoms with van der Waals surface area (Å²) in [7, 11) is 0. The second-order valence-electron chi connectivity index (χ2n) is 9.95. The summed E-state index contributed by atoms with van der Waals surface area (Å²) in [6.45, 7) is 0. The highest BCUT2D eigenvalue weighted by molar-refractivity contribution is 6.11. The monoisotopic (exact) mass is 522 g/mol. The van der Waals surface area contributed by atoms with Crippen LogP contribution in [-0.2, 0) is 0 Å². The zero-order chi connectivity index (χ0) is 27.8. The van der Waals surface area contributed by atoms with E-state index in [4.69, 9.17) is 4.42 Å². The third-order valence-corrected chi connectivity index (χ3v) is 7.59. The molecule has 41 heavy (non-hydrogen) atoms. The third kappa shape index (κ3) is 4.14. The molecule has 7 rings (SSSR count). The first-order valence-electron chi connectivity index (χ1n) is 13.4. The molecule has 1 aromatic heterocycles. The topological polar surface area (TPSA) is 60.7 Å². The standard InChI is InChI=1S/C38H22N2O/c39-23-29-13-7-15-32-33-16-8-14-31(38(33)41-37(29)32)30-21-34(27-11-5-2-6-12-27)36(24-40)35(22-30)28-19-17-26(18-20-28)25-9-3-1-4-10-25/h1-22H. The Hall–Kier alpha value is -5.90. The first kappa shape index (κ1) is 24.2. The highest BCUT2D eigenvalue weighted by Gasteiger charge is 2.19. The van der Waals surface area contributed by atoms with E-state index in [-0.39, 0.29) is 0 Å². The Morgan fingerprint density at radius 1 is 0.415 bits per heavy atom. The van der Waals surface area contributed by atoms with Gasteiger partial charge in [0, 0.05) is 27.5 Å². The molecule has 6 aromatic carbocycles. The van der Waals surface area contributed by atoms with Gasteiger partial charge in [0.05, 0.1) is 11.1 Å². The number of nitrogens with zero attached hydrogens (tertiary/aromatic N) is 2. The van der Waals surface area contributed by atoms with Crippen LogP contribution >= 0.6 is 0 Å². The molecule has 0 aliphatic rings. The van der Waals surface area contributed by atoms with Crippen LogP contribution < -0.4 is 0 Å². The molecule has 0 unspecified atom stereocenters. The van der Waals surface area contributed by atoms with Crippen molar-refractivity contribution in [3.05, 3.63) is 145 Å². The Kier molecular flexibility index (Phi) is 5.90. The predicted octanol–water partition coefficient (Wildman–Crippen LogP) is 10.00. The van der Waals surface area contributed by atoms with E-state index in [1.54, 1.807) is 6.07 Å². The van der Waals surface area contributed by atoms with Gasteiger partial charge < -0.3 is 4.42 Å². The van der Waals surface area contributed by atoms with Gasteiger partial charge in [-0.2, -0.15) is 10.5 Å². The number of fused-ring (bicyclic) bond motifs is 3. The van der Waals surface area contributed by atoms with E-state index in [2.05, 4.69) is 60.7 Å². The third-order valence-electron chi connectivity index (χ3n) is 7.59. The molecule has 3 nitrogen and oxygen atoms in total. The number of rotatable bonds is 4. The summed E-state index contributed by atoms with van der Waals surface area (Å²) in [5.41, 5.74) is 10.2. The zero-order valence-electron chi connectivity index (χ0n) is 22.0. The summed E-state index contributed by atoms with van der Waals surface area (Å²) in [5, 5.41) is 22.0. The van der Waals surface area contributed by atoms with Crippen LogP contribution in [0.25, 0.3) is 66.4 Å². The summed E-state index contributed by atoms with van der Waals surface area (Å²) in [5.74, 6) is 0. The van der Waals surface area contributed by atoms with E-state index in [0.29, 0.717) is 16.7 Å². The van der Waals surface area contributed by atoms with Crippen molar-refractivity contribution < 1.29 is 4.42 Å². The van der Waals surface area contributed by atoms with Crippen LogP contribution in [0.2, 0.25) is 0 Å². The van der Waals surface area contributed by atoms with Gasteiger partial charge >= 0.3 is 0 Å². The molecule has 0 aliphatic heterocycles. The fourth-order valence-electron chi connectivity index (χ4n) is 5.60. The lowest BCUT2D eigenvalue weighted by molar-refractivity contribution is 0.668. The maximum Gasteiger partial charge on any atom is 0.153 e. The van der Waals surface area contributed by atoms with Gasteiger partial charge in [0.2, 0.25) is 0 Å².